The molecule has 5 nitrogen and oxygen atoms in total. The third-order valence-corrected chi connectivity index (χ3v) is 3.59. The first-order valence-electron chi connectivity index (χ1n) is 5.44. The lowest BCUT2D eigenvalue weighted by Crippen LogP contribution is -2.41. The second-order valence-electron chi connectivity index (χ2n) is 4.23. The first-order chi connectivity index (χ1) is 8.13. The summed E-state index contributed by atoms with van der Waals surface area (Å²) in [5.41, 5.74) is 0.557. The topological polar surface area (TPSA) is 66.6 Å². The van der Waals surface area contributed by atoms with Crippen LogP contribution in [0.1, 0.15) is 24.3 Å². The summed E-state index contributed by atoms with van der Waals surface area (Å²) in [6.45, 7) is 3.86. The van der Waals surface area contributed by atoms with Crippen molar-refractivity contribution in [2.45, 2.75) is 19.9 Å². The fourth-order valence-corrected chi connectivity index (χ4v) is 2.39. The summed E-state index contributed by atoms with van der Waals surface area (Å²) >= 11 is 1.47. The molecular weight excluding hydrogens is 238 g/mol. The molecule has 17 heavy (non-hydrogen) atoms. The second kappa shape index (κ2) is 4.85. The summed E-state index contributed by atoms with van der Waals surface area (Å²) in [5, 5.41) is 13.8. The molecule has 0 unspecified atom stereocenters. The first-order valence-corrected chi connectivity index (χ1v) is 6.32. The van der Waals surface area contributed by atoms with Crippen LogP contribution in [-0.4, -0.2) is 33.0 Å². The first kappa shape index (κ1) is 12.1. The number of aliphatic hydroxyl groups is 1. The molecule has 2 heterocycles. The van der Waals surface area contributed by atoms with Crippen LogP contribution in [0.4, 0.5) is 0 Å². The summed E-state index contributed by atoms with van der Waals surface area (Å²) in [4.78, 5) is 16.9. The highest BCUT2D eigenvalue weighted by atomic mass is 32.1. The number of carbonyl (C=O) groups excluding carboxylic acids is 1. The maximum Gasteiger partial charge on any atom is 0.269 e. The zero-order valence-electron chi connectivity index (χ0n) is 9.75. The SMILES string of the molecule is CC(C)[C@@H](CO)NC(=O)c1csc2cncn12. The van der Waals surface area contributed by atoms with Crippen molar-refractivity contribution in [3.63, 3.8) is 0 Å². The lowest BCUT2D eigenvalue weighted by molar-refractivity contribution is 0.0891. The Morgan fingerprint density at radius 2 is 2.41 bits per heavy atom. The van der Waals surface area contributed by atoms with Gasteiger partial charge in [-0.15, -0.1) is 11.3 Å². The molecule has 6 heteroatoms. The number of imidazole rings is 1. The molecule has 0 aliphatic rings. The maximum atomic E-state index is 12.0. The quantitative estimate of drug-likeness (QED) is 0.858. The largest absolute Gasteiger partial charge is 0.394 e. The van der Waals surface area contributed by atoms with Gasteiger partial charge in [-0.25, -0.2) is 4.98 Å². The predicted octanol–water partition coefficient (Wildman–Crippen LogP) is 1.14. The number of nitrogens with one attached hydrogen (secondary N) is 1. The summed E-state index contributed by atoms with van der Waals surface area (Å²) in [6.07, 6.45) is 3.33. The van der Waals surface area contributed by atoms with Crippen molar-refractivity contribution >= 4 is 22.1 Å². The molecule has 1 amide bonds. The molecule has 0 spiro atoms. The standard InChI is InChI=1S/C11H15N3O2S/c1-7(2)8(4-15)13-11(16)9-5-17-10-3-12-6-14(9)10/h3,5-8,15H,4H2,1-2H3,(H,13,16)/t8-/m1/s1. The molecule has 1 atom stereocenters. The monoisotopic (exact) mass is 253 g/mol. The van der Waals surface area contributed by atoms with Gasteiger partial charge in [0.05, 0.1) is 18.8 Å². The van der Waals surface area contributed by atoms with Gasteiger partial charge in [0, 0.05) is 5.38 Å². The number of thiazole rings is 1. The van der Waals surface area contributed by atoms with Gasteiger partial charge in [-0.2, -0.15) is 0 Å². The van der Waals surface area contributed by atoms with Crippen LogP contribution in [0, 0.1) is 5.92 Å². The Labute approximate surface area is 103 Å². The summed E-state index contributed by atoms with van der Waals surface area (Å²) in [6, 6.07) is -0.221. The Kier molecular flexibility index (Phi) is 3.44. The number of nitrogens with zero attached hydrogens (tertiary/aromatic N) is 2. The zero-order valence-corrected chi connectivity index (χ0v) is 10.6. The van der Waals surface area contributed by atoms with Gasteiger partial charge in [-0.05, 0) is 5.92 Å². The van der Waals surface area contributed by atoms with E-state index in [1.807, 2.05) is 13.8 Å². The van der Waals surface area contributed by atoms with E-state index in [-0.39, 0.29) is 24.5 Å². The van der Waals surface area contributed by atoms with E-state index in [2.05, 4.69) is 10.3 Å². The van der Waals surface area contributed by atoms with Crippen molar-refractivity contribution in [2.24, 2.45) is 5.92 Å². The molecule has 2 rings (SSSR count). The van der Waals surface area contributed by atoms with Crippen LogP contribution in [0.15, 0.2) is 17.9 Å². The van der Waals surface area contributed by atoms with Gasteiger partial charge in [-0.3, -0.25) is 9.20 Å². The Morgan fingerprint density at radius 1 is 1.65 bits per heavy atom. The molecule has 2 aromatic heterocycles. The van der Waals surface area contributed by atoms with E-state index in [0.717, 1.165) is 4.83 Å². The zero-order chi connectivity index (χ0) is 12.4. The lowest BCUT2D eigenvalue weighted by atomic mass is 10.1. The van der Waals surface area contributed by atoms with E-state index in [4.69, 9.17) is 0 Å². The third kappa shape index (κ3) is 2.32. The minimum atomic E-state index is -0.221. The molecule has 92 valence electrons. The smallest absolute Gasteiger partial charge is 0.269 e. The van der Waals surface area contributed by atoms with Crippen LogP contribution >= 0.6 is 11.3 Å². The lowest BCUT2D eigenvalue weighted by Gasteiger charge is -2.19. The molecule has 0 saturated heterocycles. The molecule has 0 fully saturated rings. The molecule has 0 aliphatic heterocycles. The fourth-order valence-electron chi connectivity index (χ4n) is 1.55. The van der Waals surface area contributed by atoms with E-state index >= 15 is 0 Å². The van der Waals surface area contributed by atoms with E-state index < -0.39 is 0 Å². The van der Waals surface area contributed by atoms with Crippen molar-refractivity contribution in [3.05, 3.63) is 23.6 Å². The number of rotatable bonds is 4. The Hall–Kier alpha value is -1.40. The molecule has 0 bridgehead atoms. The second-order valence-corrected chi connectivity index (χ2v) is 5.12. The number of carbonyl (C=O) groups is 1. The average Bonchev–Trinajstić information content (AvgIpc) is 2.86. The molecule has 0 saturated carbocycles. The molecular formula is C11H15N3O2S. The summed E-state index contributed by atoms with van der Waals surface area (Å²) in [7, 11) is 0. The molecule has 0 aromatic carbocycles. The van der Waals surface area contributed by atoms with Crippen molar-refractivity contribution in [2.75, 3.05) is 6.61 Å². The van der Waals surface area contributed by atoms with Crippen LogP contribution in [0.3, 0.4) is 0 Å². The number of hydrogen-bond donors (Lipinski definition) is 2. The molecule has 0 aliphatic carbocycles. The highest BCUT2D eigenvalue weighted by Crippen LogP contribution is 2.15. The van der Waals surface area contributed by atoms with Crippen molar-refractivity contribution in [1.29, 1.82) is 0 Å². The fraction of sp³-hybridized carbons (Fsp3) is 0.455. The summed E-state index contributed by atoms with van der Waals surface area (Å²) < 4.78 is 1.74. The van der Waals surface area contributed by atoms with E-state index in [1.165, 1.54) is 11.3 Å². The van der Waals surface area contributed by atoms with Crippen LogP contribution in [0.25, 0.3) is 4.83 Å². The molecule has 2 N–H and O–H groups in total. The Balaban J connectivity index is 2.18. The van der Waals surface area contributed by atoms with Crippen LogP contribution in [0.2, 0.25) is 0 Å². The number of fused-ring (bicyclic) bond motifs is 1. The van der Waals surface area contributed by atoms with Crippen LogP contribution < -0.4 is 5.32 Å². The normalized spacial score (nSPS) is 13.2. The highest BCUT2D eigenvalue weighted by molar-refractivity contribution is 7.15. The van der Waals surface area contributed by atoms with E-state index in [9.17, 15) is 9.90 Å². The van der Waals surface area contributed by atoms with Crippen molar-refractivity contribution < 1.29 is 9.90 Å². The van der Waals surface area contributed by atoms with Crippen LogP contribution in [0.5, 0.6) is 0 Å². The number of aliphatic hydroxyl groups excluding tert-OH is 1. The van der Waals surface area contributed by atoms with Crippen LogP contribution in [-0.2, 0) is 0 Å². The summed E-state index contributed by atoms with van der Waals surface area (Å²) in [5.74, 6) is 0.0165. The van der Waals surface area contributed by atoms with Gasteiger partial charge < -0.3 is 10.4 Å². The maximum absolute atomic E-state index is 12.0. The predicted molar refractivity (Wildman–Crippen MR) is 66.2 cm³/mol. The number of amides is 1. The Morgan fingerprint density at radius 3 is 3.06 bits per heavy atom. The average molecular weight is 253 g/mol. The minimum absolute atomic E-state index is 0.0549. The van der Waals surface area contributed by atoms with E-state index in [0.29, 0.717) is 5.69 Å². The molecule has 0 radical (unpaired) electrons. The van der Waals surface area contributed by atoms with E-state index in [1.54, 1.807) is 22.3 Å². The van der Waals surface area contributed by atoms with Gasteiger partial charge >= 0.3 is 0 Å². The minimum Gasteiger partial charge on any atom is -0.394 e. The number of hydrogen-bond acceptors (Lipinski definition) is 4. The van der Waals surface area contributed by atoms with Gasteiger partial charge in [-0.1, -0.05) is 13.8 Å². The van der Waals surface area contributed by atoms with Gasteiger partial charge in [0.2, 0.25) is 0 Å². The third-order valence-electron chi connectivity index (χ3n) is 2.71. The van der Waals surface area contributed by atoms with Crippen molar-refractivity contribution in [3.8, 4) is 0 Å². The van der Waals surface area contributed by atoms with Gasteiger partial charge in [0.15, 0.2) is 0 Å². The Bertz CT molecular complexity index is 517. The van der Waals surface area contributed by atoms with Crippen molar-refractivity contribution in [1.82, 2.24) is 14.7 Å². The molecule has 2 aromatic rings. The van der Waals surface area contributed by atoms with Gasteiger partial charge in [0.1, 0.15) is 16.9 Å². The van der Waals surface area contributed by atoms with Gasteiger partial charge in [0.25, 0.3) is 5.91 Å². The highest BCUT2D eigenvalue weighted by Gasteiger charge is 2.18. The number of aromatic nitrogens is 2.